The second-order valence-electron chi connectivity index (χ2n) is 6.61. The molecule has 1 aromatic heterocycles. The van der Waals surface area contributed by atoms with Crippen LogP contribution in [0.4, 0.5) is 19.1 Å². The molecule has 0 bridgehead atoms. The molecular formula is C20H18F3N3O3. The van der Waals surface area contributed by atoms with E-state index in [1.54, 1.807) is 44.2 Å². The van der Waals surface area contributed by atoms with Crippen LogP contribution in [-0.4, -0.2) is 16.3 Å². The summed E-state index contributed by atoms with van der Waals surface area (Å²) in [5.41, 5.74) is -0.266. The van der Waals surface area contributed by atoms with Crippen LogP contribution < -0.4 is 9.79 Å². The fourth-order valence-electron chi connectivity index (χ4n) is 2.71. The lowest BCUT2D eigenvalue weighted by Gasteiger charge is -2.11. The van der Waals surface area contributed by atoms with Crippen LogP contribution in [0, 0.1) is 0 Å². The van der Waals surface area contributed by atoms with Gasteiger partial charge < -0.3 is 10.2 Å². The molecule has 0 aliphatic carbocycles. The molecule has 1 heterocycles. The summed E-state index contributed by atoms with van der Waals surface area (Å²) in [5, 5.41) is 27.0. The highest BCUT2D eigenvalue weighted by atomic mass is 19.4. The van der Waals surface area contributed by atoms with Gasteiger partial charge in [0, 0.05) is 13.8 Å². The normalized spacial score (nSPS) is 13.7. The summed E-state index contributed by atoms with van der Waals surface area (Å²) in [6.45, 7) is 3.54. The molecule has 1 N–H and O–H groups in total. The predicted octanol–water partition coefficient (Wildman–Crippen LogP) is 3.08. The highest BCUT2D eigenvalue weighted by molar-refractivity contribution is 5.92. The average molecular weight is 405 g/mol. The van der Waals surface area contributed by atoms with Crippen molar-refractivity contribution in [3.63, 3.8) is 0 Å². The Bertz CT molecular complexity index is 997. The highest BCUT2D eigenvalue weighted by Crippen LogP contribution is 2.32. The number of alkyl halides is 3. The van der Waals surface area contributed by atoms with E-state index in [1.165, 1.54) is 4.68 Å². The molecule has 0 aliphatic heterocycles. The van der Waals surface area contributed by atoms with Crippen LogP contribution in [0.15, 0.2) is 64.1 Å². The number of aliphatic hydroxyl groups excluding tert-OH is 1. The van der Waals surface area contributed by atoms with Gasteiger partial charge in [-0.2, -0.15) is 13.2 Å². The molecule has 1 unspecified atom stereocenters. The van der Waals surface area contributed by atoms with Crippen molar-refractivity contribution in [3.05, 3.63) is 77.0 Å². The number of hydrogen-bond acceptors (Lipinski definition) is 5. The number of aliphatic imine (C=N–C) groups is 1. The lowest BCUT2D eigenvalue weighted by molar-refractivity contribution is -0.787. The van der Waals surface area contributed by atoms with Gasteiger partial charge in [0.1, 0.15) is 0 Å². The fraction of sp³-hybridized carbons (Fsp3) is 0.250. The molecule has 0 amide bonds. The van der Waals surface area contributed by atoms with Gasteiger partial charge in [-0.3, -0.25) is 4.52 Å². The minimum absolute atomic E-state index is 0.0732. The van der Waals surface area contributed by atoms with Crippen molar-refractivity contribution < 1.29 is 32.6 Å². The van der Waals surface area contributed by atoms with Gasteiger partial charge in [0.15, 0.2) is 12.1 Å². The van der Waals surface area contributed by atoms with Gasteiger partial charge in [-0.25, -0.2) is 4.99 Å². The van der Waals surface area contributed by atoms with Crippen molar-refractivity contribution in [1.82, 2.24) is 5.27 Å². The maximum atomic E-state index is 12.8. The molecule has 1 atom stereocenters. The first-order valence-electron chi connectivity index (χ1n) is 8.76. The van der Waals surface area contributed by atoms with Gasteiger partial charge in [-0.05, 0) is 33.8 Å². The van der Waals surface area contributed by atoms with Gasteiger partial charge in [-0.1, -0.05) is 42.5 Å². The maximum Gasteiger partial charge on any atom is 0.416 e. The second kappa shape index (κ2) is 8.04. The number of nitrogens with zero attached hydrogens (tertiary/aromatic N) is 3. The fourth-order valence-corrected chi connectivity index (χ4v) is 2.71. The molecule has 0 saturated heterocycles. The number of benzene rings is 2. The second-order valence-corrected chi connectivity index (χ2v) is 6.61. The third kappa shape index (κ3) is 4.45. The summed E-state index contributed by atoms with van der Waals surface area (Å²) in [7, 11) is 0. The van der Waals surface area contributed by atoms with Crippen LogP contribution in [0.25, 0.3) is 0 Å². The monoisotopic (exact) mass is 405 g/mol. The van der Waals surface area contributed by atoms with Crippen LogP contribution in [0.3, 0.4) is 0 Å². The lowest BCUT2D eigenvalue weighted by atomic mass is 10.0. The maximum absolute atomic E-state index is 12.8. The number of rotatable bonds is 5. The molecule has 3 aromatic rings. The molecule has 2 aromatic carbocycles. The summed E-state index contributed by atoms with van der Waals surface area (Å²) in [5.74, 6) is -0.807. The Morgan fingerprint density at radius 3 is 2.28 bits per heavy atom. The van der Waals surface area contributed by atoms with E-state index in [-0.39, 0.29) is 23.2 Å². The lowest BCUT2D eigenvalue weighted by Crippen LogP contribution is -2.42. The van der Waals surface area contributed by atoms with Gasteiger partial charge in [0.25, 0.3) is 0 Å². The van der Waals surface area contributed by atoms with E-state index < -0.39 is 23.7 Å². The quantitative estimate of drug-likeness (QED) is 0.402. The Kier molecular flexibility index (Phi) is 5.69. The molecular weight excluding hydrogens is 387 g/mol. The zero-order chi connectivity index (χ0) is 21.2. The Morgan fingerprint density at radius 2 is 1.72 bits per heavy atom. The molecule has 6 nitrogen and oxygen atoms in total. The molecule has 3 rings (SSSR count). The first kappa shape index (κ1) is 20.5. The third-order valence-electron chi connectivity index (χ3n) is 4.21. The average Bonchev–Trinajstić information content (AvgIpc) is 3.11. The first-order chi connectivity index (χ1) is 13.7. The number of aromatic nitrogens is 2. The van der Waals surface area contributed by atoms with Crippen LogP contribution in [0.1, 0.15) is 48.4 Å². The van der Waals surface area contributed by atoms with Crippen molar-refractivity contribution in [2.75, 3.05) is 0 Å². The summed E-state index contributed by atoms with van der Waals surface area (Å²) in [4.78, 5) is 3.91. The zero-order valence-corrected chi connectivity index (χ0v) is 15.6. The van der Waals surface area contributed by atoms with E-state index in [0.717, 1.165) is 24.3 Å². The van der Waals surface area contributed by atoms with E-state index in [2.05, 4.69) is 10.3 Å². The predicted molar refractivity (Wildman–Crippen MR) is 95.2 cm³/mol. The van der Waals surface area contributed by atoms with E-state index in [4.69, 9.17) is 4.52 Å². The Balaban J connectivity index is 2.02. The van der Waals surface area contributed by atoms with E-state index in [9.17, 15) is 23.4 Å². The highest BCUT2D eigenvalue weighted by Gasteiger charge is 2.35. The van der Waals surface area contributed by atoms with E-state index in [0.29, 0.717) is 5.56 Å². The van der Waals surface area contributed by atoms with Crippen molar-refractivity contribution in [2.45, 2.75) is 32.2 Å². The Labute approximate surface area is 164 Å². The van der Waals surface area contributed by atoms with Crippen LogP contribution >= 0.6 is 0 Å². The number of hydrogen-bond donors (Lipinski definition) is 1. The van der Waals surface area contributed by atoms with E-state index in [1.807, 2.05) is 0 Å². The zero-order valence-electron chi connectivity index (χ0n) is 15.6. The Morgan fingerprint density at radius 1 is 1.10 bits per heavy atom. The first-order valence-corrected chi connectivity index (χ1v) is 8.76. The summed E-state index contributed by atoms with van der Waals surface area (Å²) in [6.07, 6.45) is -5.88. The molecule has 9 heteroatoms. The van der Waals surface area contributed by atoms with Crippen LogP contribution in [0.5, 0.6) is 0 Å². The van der Waals surface area contributed by atoms with Crippen LogP contribution in [0.2, 0.25) is 0 Å². The summed E-state index contributed by atoms with van der Waals surface area (Å²) >= 11 is 0. The largest absolute Gasteiger partial charge is 0.858 e. The molecule has 0 spiro atoms. The molecule has 0 radical (unpaired) electrons. The molecule has 152 valence electrons. The molecule has 29 heavy (non-hydrogen) atoms. The van der Waals surface area contributed by atoms with Crippen molar-refractivity contribution >= 4 is 11.8 Å². The Hall–Kier alpha value is -3.20. The topological polar surface area (TPSA) is 85.6 Å². The van der Waals surface area contributed by atoms with Gasteiger partial charge >= 0.3 is 17.8 Å². The molecule has 0 fully saturated rings. The van der Waals surface area contributed by atoms with Gasteiger partial charge in [-0.15, -0.1) is 0 Å². The minimum atomic E-state index is -4.49. The SMILES string of the molecule is CC(C)[n+]1noc(/N=C(\[O-])c2ccccc2)c1C(O)c1ccc(C(F)(F)F)cc1. The smallest absolute Gasteiger partial charge is 0.416 e. The van der Waals surface area contributed by atoms with Crippen molar-refractivity contribution in [1.29, 1.82) is 0 Å². The van der Waals surface area contributed by atoms with Crippen molar-refractivity contribution in [2.24, 2.45) is 4.99 Å². The van der Waals surface area contributed by atoms with Crippen molar-refractivity contribution in [3.8, 4) is 0 Å². The summed E-state index contributed by atoms with van der Waals surface area (Å²) in [6, 6.07) is 12.1. The van der Waals surface area contributed by atoms with Gasteiger partial charge in [0.05, 0.1) is 5.56 Å². The van der Waals surface area contributed by atoms with Crippen LogP contribution in [-0.2, 0) is 6.18 Å². The standard InChI is InChI=1S/C20H18F3N3O3/c1-12(2)26-16(17(27)13-8-10-15(11-9-13)20(21,22)23)19(29-25-26)24-18(28)14-6-4-3-5-7-14/h3-12,17,27H,1-2H3. The minimum Gasteiger partial charge on any atom is -0.858 e. The molecule has 0 aliphatic rings. The summed E-state index contributed by atoms with van der Waals surface area (Å²) < 4.78 is 44.9. The molecule has 0 saturated carbocycles. The number of aliphatic hydroxyl groups is 1. The van der Waals surface area contributed by atoms with Gasteiger partial charge in [0.2, 0.25) is 5.27 Å². The third-order valence-corrected chi connectivity index (χ3v) is 4.21. The van der Waals surface area contributed by atoms with E-state index >= 15 is 0 Å². The number of halogens is 3.